The van der Waals surface area contributed by atoms with Crippen LogP contribution < -0.4 is 0 Å². The fourth-order valence-electron chi connectivity index (χ4n) is 4.82. The molecule has 3 nitrogen and oxygen atoms in total. The molecule has 0 saturated heterocycles. The lowest BCUT2D eigenvalue weighted by molar-refractivity contribution is -0.151. The van der Waals surface area contributed by atoms with E-state index in [0.29, 0.717) is 24.5 Å². The molecule has 1 aliphatic heterocycles. The van der Waals surface area contributed by atoms with Gasteiger partial charge in [0, 0.05) is 24.3 Å². The summed E-state index contributed by atoms with van der Waals surface area (Å²) in [4.78, 5) is 24.4. The maximum atomic E-state index is 12.2. The third kappa shape index (κ3) is 3.02. The average molecular weight is 316 g/mol. The minimum Gasteiger partial charge on any atom is -0.458 e. The molecule has 4 atom stereocenters. The van der Waals surface area contributed by atoms with Gasteiger partial charge in [-0.3, -0.25) is 4.79 Å². The van der Waals surface area contributed by atoms with E-state index in [9.17, 15) is 9.59 Å². The molecule has 23 heavy (non-hydrogen) atoms. The molecule has 2 aliphatic carbocycles. The molecular formula is C20H28O3. The van der Waals surface area contributed by atoms with E-state index in [-0.39, 0.29) is 23.4 Å². The summed E-state index contributed by atoms with van der Waals surface area (Å²) in [5.74, 6) is 0.735. The molecule has 1 fully saturated rings. The van der Waals surface area contributed by atoms with Gasteiger partial charge in [-0.05, 0) is 50.9 Å². The second-order valence-corrected chi connectivity index (χ2v) is 8.24. The predicted molar refractivity (Wildman–Crippen MR) is 89.8 cm³/mol. The zero-order chi connectivity index (χ0) is 16.8. The molecule has 3 heteroatoms. The van der Waals surface area contributed by atoms with Crippen LogP contribution in [0.1, 0.15) is 66.2 Å². The van der Waals surface area contributed by atoms with Crippen molar-refractivity contribution in [1.29, 1.82) is 0 Å². The van der Waals surface area contributed by atoms with Gasteiger partial charge in [-0.25, -0.2) is 4.79 Å². The maximum Gasteiger partial charge on any atom is 0.333 e. The van der Waals surface area contributed by atoms with E-state index in [1.807, 2.05) is 6.92 Å². The lowest BCUT2D eigenvalue weighted by Gasteiger charge is -2.40. The molecule has 0 amide bonds. The van der Waals surface area contributed by atoms with E-state index >= 15 is 0 Å². The molecule has 0 bridgehead atoms. The summed E-state index contributed by atoms with van der Waals surface area (Å²) in [5, 5.41) is 0. The van der Waals surface area contributed by atoms with Crippen molar-refractivity contribution in [1.82, 2.24) is 0 Å². The number of ether oxygens (including phenoxy) is 1. The number of carbonyl (C=O) groups excluding carboxylic acids is 2. The molecule has 0 aromatic heterocycles. The van der Waals surface area contributed by atoms with Gasteiger partial charge in [0.1, 0.15) is 11.9 Å². The Balaban J connectivity index is 2.02. The highest BCUT2D eigenvalue weighted by Gasteiger charge is 2.50. The molecule has 3 rings (SSSR count). The Bertz CT molecular complexity index is 598. The first-order valence-electron chi connectivity index (χ1n) is 8.88. The minimum absolute atomic E-state index is 0.0664. The van der Waals surface area contributed by atoms with E-state index in [4.69, 9.17) is 4.74 Å². The number of ketones is 1. The summed E-state index contributed by atoms with van der Waals surface area (Å²) in [6.45, 7) is 8.43. The van der Waals surface area contributed by atoms with Gasteiger partial charge in [0.25, 0.3) is 0 Å². The first-order chi connectivity index (χ1) is 10.8. The summed E-state index contributed by atoms with van der Waals surface area (Å²) in [6, 6.07) is 0. The van der Waals surface area contributed by atoms with Crippen molar-refractivity contribution in [3.05, 3.63) is 22.8 Å². The van der Waals surface area contributed by atoms with Gasteiger partial charge in [0.15, 0.2) is 0 Å². The number of hydrogen-bond donors (Lipinski definition) is 0. The molecule has 1 saturated carbocycles. The van der Waals surface area contributed by atoms with E-state index in [1.165, 1.54) is 11.1 Å². The third-order valence-electron chi connectivity index (χ3n) is 6.11. The van der Waals surface area contributed by atoms with Crippen molar-refractivity contribution >= 4 is 11.8 Å². The Morgan fingerprint density at radius 2 is 2.00 bits per heavy atom. The molecule has 3 aliphatic rings. The van der Waals surface area contributed by atoms with Gasteiger partial charge in [0.05, 0.1) is 0 Å². The standard InChI is InChI=1S/C20H28O3/c1-12-5-7-20(4)8-6-16-14(3)19(22)23-17(18(16)20)11-13(2)10-15(21)9-12/h5,13,17-18H,6-11H2,1-4H3/t13-,17-,18+,20-/m1/s1. The fraction of sp³-hybridized carbons (Fsp3) is 0.700. The van der Waals surface area contributed by atoms with Gasteiger partial charge in [-0.1, -0.05) is 31.1 Å². The largest absolute Gasteiger partial charge is 0.458 e. The van der Waals surface area contributed by atoms with Crippen LogP contribution in [-0.4, -0.2) is 17.9 Å². The summed E-state index contributed by atoms with van der Waals surface area (Å²) in [6.07, 6.45) is 7.21. The van der Waals surface area contributed by atoms with Crippen LogP contribution in [0.3, 0.4) is 0 Å². The molecule has 1 heterocycles. The van der Waals surface area contributed by atoms with Crippen LogP contribution in [0.5, 0.6) is 0 Å². The Morgan fingerprint density at radius 1 is 1.26 bits per heavy atom. The summed E-state index contributed by atoms with van der Waals surface area (Å²) in [7, 11) is 0. The lowest BCUT2D eigenvalue weighted by Crippen LogP contribution is -2.40. The number of Topliss-reactive ketones (excluding diaryl/α,β-unsaturated/α-hetero) is 1. The normalized spacial score (nSPS) is 38.6. The summed E-state index contributed by atoms with van der Waals surface area (Å²) < 4.78 is 5.82. The number of allylic oxidation sites excluding steroid dienone is 2. The van der Waals surface area contributed by atoms with Crippen molar-refractivity contribution in [3.8, 4) is 0 Å². The smallest absolute Gasteiger partial charge is 0.333 e. The van der Waals surface area contributed by atoms with Gasteiger partial charge in [0.2, 0.25) is 0 Å². The predicted octanol–water partition coefficient (Wildman–Crippen LogP) is 4.37. The Morgan fingerprint density at radius 3 is 2.74 bits per heavy atom. The molecular weight excluding hydrogens is 288 g/mol. The van der Waals surface area contributed by atoms with E-state index in [0.717, 1.165) is 31.3 Å². The topological polar surface area (TPSA) is 43.4 Å². The minimum atomic E-state index is -0.148. The SMILES string of the molecule is CC1=CC[C@]2(C)CCC3=C(C)C(=O)O[C@H](C[C@H](C)CC(=O)C1)[C@H]32. The van der Waals surface area contributed by atoms with Crippen LogP contribution in [0.2, 0.25) is 0 Å². The average Bonchev–Trinajstić information content (AvgIpc) is 2.80. The molecule has 126 valence electrons. The van der Waals surface area contributed by atoms with Crippen molar-refractivity contribution in [3.63, 3.8) is 0 Å². The first kappa shape index (κ1) is 16.5. The summed E-state index contributed by atoms with van der Waals surface area (Å²) in [5.41, 5.74) is 3.46. The Labute approximate surface area is 139 Å². The molecule has 0 unspecified atom stereocenters. The van der Waals surface area contributed by atoms with Crippen LogP contribution >= 0.6 is 0 Å². The molecule has 0 N–H and O–H groups in total. The molecule has 0 spiro atoms. The van der Waals surface area contributed by atoms with Crippen LogP contribution in [0.25, 0.3) is 0 Å². The van der Waals surface area contributed by atoms with Crippen LogP contribution in [-0.2, 0) is 14.3 Å². The Kier molecular flexibility index (Phi) is 4.24. The second-order valence-electron chi connectivity index (χ2n) is 8.24. The fourth-order valence-corrected chi connectivity index (χ4v) is 4.82. The quantitative estimate of drug-likeness (QED) is 0.492. The van der Waals surface area contributed by atoms with E-state index < -0.39 is 0 Å². The van der Waals surface area contributed by atoms with Crippen molar-refractivity contribution in [2.45, 2.75) is 72.3 Å². The van der Waals surface area contributed by atoms with Crippen molar-refractivity contribution < 1.29 is 14.3 Å². The van der Waals surface area contributed by atoms with E-state index in [2.05, 4.69) is 26.8 Å². The van der Waals surface area contributed by atoms with Crippen LogP contribution in [0, 0.1) is 17.3 Å². The number of carbonyl (C=O) groups is 2. The highest BCUT2D eigenvalue weighted by atomic mass is 16.5. The van der Waals surface area contributed by atoms with Gasteiger partial charge < -0.3 is 4.74 Å². The maximum absolute atomic E-state index is 12.2. The zero-order valence-electron chi connectivity index (χ0n) is 14.8. The number of rotatable bonds is 0. The van der Waals surface area contributed by atoms with Crippen molar-refractivity contribution in [2.75, 3.05) is 0 Å². The zero-order valence-corrected chi connectivity index (χ0v) is 14.8. The van der Waals surface area contributed by atoms with Gasteiger partial charge in [-0.15, -0.1) is 0 Å². The molecule has 0 aromatic rings. The number of esters is 1. The van der Waals surface area contributed by atoms with Crippen LogP contribution in [0.15, 0.2) is 22.8 Å². The van der Waals surface area contributed by atoms with Gasteiger partial charge in [-0.2, -0.15) is 0 Å². The second kappa shape index (κ2) is 5.92. The Hall–Kier alpha value is -1.38. The highest BCUT2D eigenvalue weighted by molar-refractivity contribution is 5.90. The first-order valence-corrected chi connectivity index (χ1v) is 8.88. The van der Waals surface area contributed by atoms with E-state index in [1.54, 1.807) is 0 Å². The van der Waals surface area contributed by atoms with Crippen molar-refractivity contribution in [2.24, 2.45) is 17.3 Å². The summed E-state index contributed by atoms with van der Waals surface area (Å²) >= 11 is 0. The number of hydrogen-bond acceptors (Lipinski definition) is 3. The molecule has 0 radical (unpaired) electrons. The lowest BCUT2D eigenvalue weighted by atomic mass is 9.70. The third-order valence-corrected chi connectivity index (χ3v) is 6.11. The van der Waals surface area contributed by atoms with Gasteiger partial charge >= 0.3 is 5.97 Å². The molecule has 0 aromatic carbocycles. The monoisotopic (exact) mass is 316 g/mol. The van der Waals surface area contributed by atoms with Crippen LogP contribution in [0.4, 0.5) is 0 Å². The highest BCUT2D eigenvalue weighted by Crippen LogP contribution is 2.55.